The third-order valence-corrected chi connectivity index (χ3v) is 7.96. The molecule has 0 radical (unpaired) electrons. The molecular weight excluding hydrogens is 508 g/mol. The average molecular weight is 533 g/mol. The van der Waals surface area contributed by atoms with Gasteiger partial charge in [0.15, 0.2) is 21.4 Å². The molecule has 4 rings (SSSR count). The Labute approximate surface area is 213 Å². The molecule has 0 aliphatic carbocycles. The number of para-hydroxylation sites is 1. The Morgan fingerprint density at radius 1 is 1.06 bits per heavy atom. The molecule has 0 aliphatic rings. The summed E-state index contributed by atoms with van der Waals surface area (Å²) in [4.78, 5) is 4.04. The van der Waals surface area contributed by atoms with Gasteiger partial charge in [-0.25, -0.2) is 13.4 Å². The molecule has 1 aromatic carbocycles. The summed E-state index contributed by atoms with van der Waals surface area (Å²) in [5.41, 5.74) is 0.560. The number of pyridine rings is 1. The summed E-state index contributed by atoms with van der Waals surface area (Å²) >= 11 is 5.92. The van der Waals surface area contributed by atoms with E-state index in [2.05, 4.69) is 15.2 Å². The molecule has 0 amide bonds. The molecule has 12 heteroatoms. The van der Waals surface area contributed by atoms with E-state index in [1.54, 1.807) is 43.3 Å². The van der Waals surface area contributed by atoms with Gasteiger partial charge in [-0.15, -0.1) is 10.2 Å². The topological polar surface area (TPSA) is 130 Å². The van der Waals surface area contributed by atoms with Gasteiger partial charge in [0.2, 0.25) is 5.82 Å². The van der Waals surface area contributed by atoms with E-state index in [0.29, 0.717) is 28.7 Å². The minimum atomic E-state index is -3.98. The van der Waals surface area contributed by atoms with Crippen LogP contribution in [-0.2, 0) is 15.6 Å². The van der Waals surface area contributed by atoms with Gasteiger partial charge in [-0.3, -0.25) is 4.57 Å². The van der Waals surface area contributed by atoms with Crippen LogP contribution in [0.25, 0.3) is 17.3 Å². The van der Waals surface area contributed by atoms with Crippen molar-refractivity contribution in [2.45, 2.75) is 31.0 Å². The summed E-state index contributed by atoms with van der Waals surface area (Å²) in [6, 6.07) is 13.3. The molecule has 0 spiro atoms. The maximum absolute atomic E-state index is 13.5. The fourth-order valence-corrected chi connectivity index (χ4v) is 5.26. The number of furan rings is 1. The van der Waals surface area contributed by atoms with Crippen molar-refractivity contribution < 1.29 is 27.4 Å². The van der Waals surface area contributed by atoms with Crippen molar-refractivity contribution in [2.24, 2.45) is 0 Å². The second-order valence-corrected chi connectivity index (χ2v) is 10.8. The second kappa shape index (κ2) is 10.3. The Kier molecular flexibility index (Phi) is 7.34. The van der Waals surface area contributed by atoms with Gasteiger partial charge in [-0.2, -0.15) is 0 Å². The normalized spacial score (nSPS) is 13.4. The highest BCUT2D eigenvalue weighted by Crippen LogP contribution is 2.37. The van der Waals surface area contributed by atoms with Gasteiger partial charge in [0.05, 0.1) is 25.2 Å². The van der Waals surface area contributed by atoms with Gasteiger partial charge >= 0.3 is 0 Å². The monoisotopic (exact) mass is 532 g/mol. The first kappa shape index (κ1) is 25.7. The second-order valence-electron chi connectivity index (χ2n) is 8.04. The lowest BCUT2D eigenvalue weighted by Gasteiger charge is -2.20. The van der Waals surface area contributed by atoms with E-state index in [0.717, 1.165) is 0 Å². The van der Waals surface area contributed by atoms with E-state index < -0.39 is 26.9 Å². The first-order valence-electron chi connectivity index (χ1n) is 10.9. The zero-order valence-electron chi connectivity index (χ0n) is 20.0. The zero-order valence-corrected chi connectivity index (χ0v) is 21.6. The quantitative estimate of drug-likeness (QED) is 0.318. The Balaban J connectivity index is 1.82. The highest BCUT2D eigenvalue weighted by atomic mass is 35.5. The van der Waals surface area contributed by atoms with Crippen LogP contribution in [0.3, 0.4) is 0 Å². The van der Waals surface area contributed by atoms with Crippen LogP contribution in [0.15, 0.2) is 52.9 Å². The number of sulfone groups is 1. The smallest absolute Gasteiger partial charge is 0.204 e. The molecule has 0 saturated heterocycles. The van der Waals surface area contributed by atoms with Crippen LogP contribution in [0.2, 0.25) is 5.15 Å². The minimum absolute atomic E-state index is 0.0833. The van der Waals surface area contributed by atoms with Crippen LogP contribution in [0.1, 0.15) is 30.3 Å². The maximum atomic E-state index is 13.5. The Morgan fingerprint density at radius 2 is 1.72 bits per heavy atom. The molecular formula is C24H25ClN4O6S. The fraction of sp³-hybridized carbons (Fsp3) is 0.292. The summed E-state index contributed by atoms with van der Waals surface area (Å²) in [6.45, 7) is 3.19. The van der Waals surface area contributed by atoms with Crippen molar-refractivity contribution in [3.63, 3.8) is 0 Å². The molecule has 190 valence electrons. The SMILES string of the molecule is COc1cccc(OC)c1-n1c(CS(=O)(=O)[C@H](C)[C@@H](O)c2cccc(Cl)n2)nnc1-c1ccc(C)o1. The minimum Gasteiger partial charge on any atom is -0.494 e. The molecule has 3 heterocycles. The largest absolute Gasteiger partial charge is 0.494 e. The maximum Gasteiger partial charge on any atom is 0.204 e. The van der Waals surface area contributed by atoms with E-state index in [1.807, 2.05) is 0 Å². The predicted octanol–water partition coefficient (Wildman–Crippen LogP) is 3.94. The van der Waals surface area contributed by atoms with Crippen LogP contribution in [-0.4, -0.2) is 52.7 Å². The number of aliphatic hydroxyl groups excluding tert-OH is 1. The number of hydrogen-bond donors (Lipinski definition) is 1. The number of aromatic nitrogens is 4. The Morgan fingerprint density at radius 3 is 2.31 bits per heavy atom. The number of nitrogens with zero attached hydrogens (tertiary/aromatic N) is 4. The number of ether oxygens (including phenoxy) is 2. The molecule has 0 unspecified atom stereocenters. The van der Waals surface area contributed by atoms with Crippen molar-refractivity contribution in [1.29, 1.82) is 0 Å². The predicted molar refractivity (Wildman–Crippen MR) is 133 cm³/mol. The summed E-state index contributed by atoms with van der Waals surface area (Å²) in [5, 5.41) is 18.1. The molecule has 0 bridgehead atoms. The van der Waals surface area contributed by atoms with E-state index in [1.165, 1.54) is 37.8 Å². The van der Waals surface area contributed by atoms with Gasteiger partial charge in [0.1, 0.15) is 40.0 Å². The van der Waals surface area contributed by atoms with Crippen molar-refractivity contribution >= 4 is 21.4 Å². The summed E-state index contributed by atoms with van der Waals surface area (Å²) < 4.78 is 45.3. The van der Waals surface area contributed by atoms with Gasteiger partial charge in [-0.1, -0.05) is 23.7 Å². The van der Waals surface area contributed by atoms with Gasteiger partial charge in [-0.05, 0) is 50.2 Å². The van der Waals surface area contributed by atoms with E-state index in [-0.39, 0.29) is 22.5 Å². The van der Waals surface area contributed by atoms with Crippen LogP contribution < -0.4 is 9.47 Å². The fourth-order valence-electron chi connectivity index (χ4n) is 3.75. The Bertz CT molecular complexity index is 1460. The number of aliphatic hydroxyl groups is 1. The van der Waals surface area contributed by atoms with Gasteiger partial charge in [0, 0.05) is 0 Å². The summed E-state index contributed by atoms with van der Waals surface area (Å²) in [7, 11) is -0.991. The van der Waals surface area contributed by atoms with Crippen LogP contribution >= 0.6 is 11.6 Å². The molecule has 0 fully saturated rings. The lowest BCUT2D eigenvalue weighted by Crippen LogP contribution is -2.28. The number of halogens is 1. The van der Waals surface area contributed by atoms with Crippen molar-refractivity contribution in [3.05, 3.63) is 71.0 Å². The molecule has 4 aromatic rings. The van der Waals surface area contributed by atoms with Crippen LogP contribution in [0, 0.1) is 6.92 Å². The van der Waals surface area contributed by atoms with E-state index >= 15 is 0 Å². The van der Waals surface area contributed by atoms with Crippen molar-refractivity contribution in [3.8, 4) is 28.8 Å². The molecule has 3 aromatic heterocycles. The van der Waals surface area contributed by atoms with Gasteiger partial charge in [0.25, 0.3) is 0 Å². The molecule has 36 heavy (non-hydrogen) atoms. The first-order valence-corrected chi connectivity index (χ1v) is 13.0. The highest BCUT2D eigenvalue weighted by molar-refractivity contribution is 7.91. The van der Waals surface area contributed by atoms with Crippen molar-refractivity contribution in [1.82, 2.24) is 19.7 Å². The number of benzene rings is 1. The number of methoxy groups -OCH3 is 2. The Hall–Kier alpha value is -3.41. The summed E-state index contributed by atoms with van der Waals surface area (Å²) in [6.07, 6.45) is -1.40. The standard InChI is InChI=1S/C24H25ClN4O6S/c1-14-11-12-19(35-14)24-28-27-21(29(24)22-17(33-3)8-6-9-18(22)34-4)13-36(31,32)15(2)23(30)16-7-5-10-20(25)26-16/h5-12,15,23,30H,13H2,1-4H3/t15-,23-/m1/s1. The van der Waals surface area contributed by atoms with Gasteiger partial charge < -0.3 is 19.0 Å². The highest BCUT2D eigenvalue weighted by Gasteiger charge is 2.34. The summed E-state index contributed by atoms with van der Waals surface area (Å²) in [5.74, 6) is 1.65. The lowest BCUT2D eigenvalue weighted by atomic mass is 10.2. The van der Waals surface area contributed by atoms with Crippen LogP contribution in [0.5, 0.6) is 11.5 Å². The van der Waals surface area contributed by atoms with E-state index in [9.17, 15) is 13.5 Å². The lowest BCUT2D eigenvalue weighted by molar-refractivity contribution is 0.171. The van der Waals surface area contributed by atoms with Crippen LogP contribution in [0.4, 0.5) is 0 Å². The zero-order chi connectivity index (χ0) is 26.0. The molecule has 1 N–H and O–H groups in total. The first-order chi connectivity index (χ1) is 17.2. The molecule has 10 nitrogen and oxygen atoms in total. The number of aryl methyl sites for hydroxylation is 1. The third-order valence-electron chi connectivity index (χ3n) is 5.70. The van der Waals surface area contributed by atoms with Crippen molar-refractivity contribution in [2.75, 3.05) is 14.2 Å². The number of hydrogen-bond acceptors (Lipinski definition) is 9. The molecule has 0 saturated carbocycles. The molecule has 2 atom stereocenters. The third kappa shape index (κ3) is 4.95. The van der Waals surface area contributed by atoms with E-state index in [4.69, 9.17) is 25.5 Å². The average Bonchev–Trinajstić information content (AvgIpc) is 3.47. The number of rotatable bonds is 9. The molecule has 0 aliphatic heterocycles.